The Balaban J connectivity index is 3.08. The minimum absolute atomic E-state index is 0.271. The van der Waals surface area contributed by atoms with Crippen molar-refractivity contribution in [2.75, 3.05) is 13.2 Å². The number of unbranched alkanes of at least 4 members (excludes halogenated alkanes) is 7. The second kappa shape index (κ2) is 11.6. The number of esters is 1. The maximum absolute atomic E-state index is 11.0. The summed E-state index contributed by atoms with van der Waals surface area (Å²) >= 11 is 0. The number of nitrogens with two attached hydrogens (primary N) is 1. The smallest absolute Gasteiger partial charge is 0.333 e. The Morgan fingerprint density at radius 1 is 1.00 bits per heavy atom. The molecule has 0 radical (unpaired) electrons. The normalized spacial score (nSPS) is 10.2. The van der Waals surface area contributed by atoms with E-state index in [1.807, 2.05) is 0 Å². The van der Waals surface area contributed by atoms with E-state index in [9.17, 15) is 4.79 Å². The van der Waals surface area contributed by atoms with E-state index in [4.69, 9.17) is 10.5 Å². The van der Waals surface area contributed by atoms with E-state index in [2.05, 4.69) is 6.58 Å². The molecular weight excluding hydrogens is 214 g/mol. The van der Waals surface area contributed by atoms with Gasteiger partial charge in [0, 0.05) is 5.57 Å². The fourth-order valence-electron chi connectivity index (χ4n) is 1.60. The van der Waals surface area contributed by atoms with Crippen LogP contribution in [-0.2, 0) is 9.53 Å². The third-order valence-electron chi connectivity index (χ3n) is 2.68. The second-order valence-corrected chi connectivity index (χ2v) is 4.53. The number of rotatable bonds is 11. The first-order chi connectivity index (χ1) is 8.18. The summed E-state index contributed by atoms with van der Waals surface area (Å²) in [6, 6.07) is 0. The molecule has 0 unspecified atom stereocenters. The van der Waals surface area contributed by atoms with Gasteiger partial charge in [-0.05, 0) is 26.3 Å². The summed E-state index contributed by atoms with van der Waals surface area (Å²) in [6.07, 6.45) is 9.60. The molecule has 0 fully saturated rings. The lowest BCUT2D eigenvalue weighted by Gasteiger charge is -2.04. The first kappa shape index (κ1) is 16.2. The van der Waals surface area contributed by atoms with Gasteiger partial charge in [0.2, 0.25) is 0 Å². The van der Waals surface area contributed by atoms with Crippen molar-refractivity contribution in [2.24, 2.45) is 5.73 Å². The summed E-state index contributed by atoms with van der Waals surface area (Å²) < 4.78 is 5.01. The molecule has 0 saturated carbocycles. The Morgan fingerprint density at radius 3 is 1.94 bits per heavy atom. The predicted octanol–water partition coefficient (Wildman–Crippen LogP) is 3.19. The number of ether oxygens (including phenoxy) is 1. The fourth-order valence-corrected chi connectivity index (χ4v) is 1.60. The van der Waals surface area contributed by atoms with Crippen LogP contribution in [0.25, 0.3) is 0 Å². The summed E-state index contributed by atoms with van der Waals surface area (Å²) in [4.78, 5) is 11.0. The molecule has 0 aliphatic carbocycles. The van der Waals surface area contributed by atoms with Crippen molar-refractivity contribution in [3.63, 3.8) is 0 Å². The highest BCUT2D eigenvalue weighted by molar-refractivity contribution is 5.86. The van der Waals surface area contributed by atoms with E-state index in [1.165, 1.54) is 32.1 Å². The summed E-state index contributed by atoms with van der Waals surface area (Å²) in [5.74, 6) is -0.271. The van der Waals surface area contributed by atoms with Gasteiger partial charge in [-0.2, -0.15) is 0 Å². The summed E-state index contributed by atoms with van der Waals surface area (Å²) in [5, 5.41) is 0. The molecule has 0 aliphatic heterocycles. The van der Waals surface area contributed by atoms with Crippen molar-refractivity contribution in [1.82, 2.24) is 0 Å². The van der Waals surface area contributed by atoms with Gasteiger partial charge in [0.15, 0.2) is 0 Å². The highest BCUT2D eigenvalue weighted by Gasteiger charge is 2.01. The third-order valence-corrected chi connectivity index (χ3v) is 2.68. The molecule has 0 aromatic carbocycles. The lowest BCUT2D eigenvalue weighted by molar-refractivity contribution is -0.139. The Kier molecular flexibility index (Phi) is 11.1. The van der Waals surface area contributed by atoms with Crippen LogP contribution < -0.4 is 5.73 Å². The van der Waals surface area contributed by atoms with Crippen molar-refractivity contribution in [2.45, 2.75) is 58.3 Å². The van der Waals surface area contributed by atoms with E-state index >= 15 is 0 Å². The van der Waals surface area contributed by atoms with Crippen LogP contribution in [0.4, 0.5) is 0 Å². The highest BCUT2D eigenvalue weighted by Crippen LogP contribution is 2.08. The molecule has 2 N–H and O–H groups in total. The Morgan fingerprint density at radius 2 is 1.47 bits per heavy atom. The molecule has 0 amide bonds. The molecule has 0 heterocycles. The third kappa shape index (κ3) is 11.4. The fraction of sp³-hybridized carbons (Fsp3) is 0.786. The zero-order valence-corrected chi connectivity index (χ0v) is 11.2. The van der Waals surface area contributed by atoms with Crippen LogP contribution in [-0.4, -0.2) is 19.1 Å². The number of hydrogen-bond acceptors (Lipinski definition) is 3. The lowest BCUT2D eigenvalue weighted by Crippen LogP contribution is -2.05. The molecule has 17 heavy (non-hydrogen) atoms. The Labute approximate surface area is 105 Å². The molecule has 0 saturated heterocycles. The topological polar surface area (TPSA) is 52.3 Å². The van der Waals surface area contributed by atoms with Gasteiger partial charge in [0.1, 0.15) is 0 Å². The molecule has 0 bridgehead atoms. The van der Waals surface area contributed by atoms with Gasteiger partial charge in [-0.15, -0.1) is 0 Å². The van der Waals surface area contributed by atoms with E-state index < -0.39 is 0 Å². The van der Waals surface area contributed by atoms with Gasteiger partial charge < -0.3 is 10.5 Å². The monoisotopic (exact) mass is 241 g/mol. The molecule has 0 aliphatic rings. The largest absolute Gasteiger partial charge is 0.462 e. The molecule has 0 rings (SSSR count). The number of hydrogen-bond donors (Lipinski definition) is 1. The van der Waals surface area contributed by atoms with Gasteiger partial charge in [-0.25, -0.2) is 4.79 Å². The summed E-state index contributed by atoms with van der Waals surface area (Å²) in [5.41, 5.74) is 5.90. The highest BCUT2D eigenvalue weighted by atomic mass is 16.5. The van der Waals surface area contributed by atoms with Gasteiger partial charge in [-0.1, -0.05) is 45.1 Å². The van der Waals surface area contributed by atoms with E-state index in [-0.39, 0.29) is 5.97 Å². The van der Waals surface area contributed by atoms with Gasteiger partial charge in [0.25, 0.3) is 0 Å². The molecule has 3 heteroatoms. The van der Waals surface area contributed by atoms with Crippen molar-refractivity contribution >= 4 is 5.97 Å². The first-order valence-corrected chi connectivity index (χ1v) is 6.71. The first-order valence-electron chi connectivity index (χ1n) is 6.71. The summed E-state index contributed by atoms with van der Waals surface area (Å²) in [7, 11) is 0. The van der Waals surface area contributed by atoms with Crippen molar-refractivity contribution < 1.29 is 9.53 Å². The minimum atomic E-state index is -0.271. The number of carbonyl (C=O) groups excluding carboxylic acids is 1. The zero-order chi connectivity index (χ0) is 12.9. The van der Waals surface area contributed by atoms with Crippen molar-refractivity contribution in [3.05, 3.63) is 12.2 Å². The number of carbonyl (C=O) groups is 1. The lowest BCUT2D eigenvalue weighted by atomic mass is 10.1. The quantitative estimate of drug-likeness (QED) is 0.343. The molecule has 0 atom stereocenters. The average Bonchev–Trinajstić information content (AvgIpc) is 2.31. The summed E-state index contributed by atoms with van der Waals surface area (Å²) in [6.45, 7) is 6.55. The molecule has 0 spiro atoms. The van der Waals surface area contributed by atoms with Crippen LogP contribution in [0.3, 0.4) is 0 Å². The zero-order valence-electron chi connectivity index (χ0n) is 11.2. The molecule has 0 aromatic rings. The van der Waals surface area contributed by atoms with E-state index in [0.29, 0.717) is 12.2 Å². The Bertz CT molecular complexity index is 214. The SMILES string of the molecule is C=C(C)C(=O)OCCCCCCCCCCN. The van der Waals surface area contributed by atoms with E-state index in [0.717, 1.165) is 25.8 Å². The van der Waals surface area contributed by atoms with Crippen LogP contribution in [0, 0.1) is 0 Å². The molecule has 0 aromatic heterocycles. The van der Waals surface area contributed by atoms with Crippen LogP contribution in [0.15, 0.2) is 12.2 Å². The van der Waals surface area contributed by atoms with Gasteiger partial charge in [0.05, 0.1) is 6.61 Å². The average molecular weight is 241 g/mol. The Hall–Kier alpha value is -0.830. The maximum atomic E-state index is 11.0. The molecule has 3 nitrogen and oxygen atoms in total. The molecule has 100 valence electrons. The van der Waals surface area contributed by atoms with Crippen LogP contribution in [0.2, 0.25) is 0 Å². The maximum Gasteiger partial charge on any atom is 0.333 e. The van der Waals surface area contributed by atoms with Crippen LogP contribution in [0.5, 0.6) is 0 Å². The van der Waals surface area contributed by atoms with Crippen LogP contribution >= 0.6 is 0 Å². The van der Waals surface area contributed by atoms with E-state index in [1.54, 1.807) is 6.92 Å². The van der Waals surface area contributed by atoms with Crippen molar-refractivity contribution in [3.8, 4) is 0 Å². The predicted molar refractivity (Wildman–Crippen MR) is 71.8 cm³/mol. The van der Waals surface area contributed by atoms with Crippen molar-refractivity contribution in [1.29, 1.82) is 0 Å². The van der Waals surface area contributed by atoms with Gasteiger partial charge in [-0.3, -0.25) is 0 Å². The molecular formula is C14H27NO2. The standard InChI is InChI=1S/C14H27NO2/c1-13(2)14(16)17-12-10-8-6-4-3-5-7-9-11-15/h1,3-12,15H2,2H3. The van der Waals surface area contributed by atoms with Crippen LogP contribution in [0.1, 0.15) is 58.3 Å². The van der Waals surface area contributed by atoms with Gasteiger partial charge >= 0.3 is 5.97 Å². The minimum Gasteiger partial charge on any atom is -0.462 e. The second-order valence-electron chi connectivity index (χ2n) is 4.53.